The molecule has 0 fully saturated rings. The molecule has 5 nitrogen and oxygen atoms in total. The van der Waals surface area contributed by atoms with E-state index in [-0.39, 0.29) is 18.6 Å². The average Bonchev–Trinajstić information content (AvgIpc) is 3.09. The van der Waals surface area contributed by atoms with E-state index in [0.29, 0.717) is 32.4 Å². The molecular formula is C23H26N2O3. The van der Waals surface area contributed by atoms with E-state index in [4.69, 9.17) is 4.74 Å². The van der Waals surface area contributed by atoms with Gasteiger partial charge in [-0.2, -0.15) is 0 Å². The minimum atomic E-state index is -0.169. The third-order valence-electron chi connectivity index (χ3n) is 5.47. The number of ether oxygens (including phenoxy) is 1. The van der Waals surface area contributed by atoms with Crippen molar-refractivity contribution in [2.24, 2.45) is 0 Å². The van der Waals surface area contributed by atoms with Gasteiger partial charge in [-0.25, -0.2) is 0 Å². The zero-order valence-corrected chi connectivity index (χ0v) is 16.1. The lowest BCUT2D eigenvalue weighted by atomic mass is 9.96. The van der Waals surface area contributed by atoms with Crippen molar-refractivity contribution in [2.45, 2.75) is 38.8 Å². The number of nitrogens with one attached hydrogen (secondary N) is 1. The molecular weight excluding hydrogens is 352 g/mol. The molecule has 2 N–H and O–H groups in total. The number of carbonyl (C=O) groups excluding carboxylic acids is 1. The first-order chi connectivity index (χ1) is 13.7. The molecule has 5 heteroatoms. The maximum absolute atomic E-state index is 12.8. The monoisotopic (exact) mass is 378 g/mol. The SMILES string of the molecule is Cc1ccc(OCCCC(=O)N2Cc3[nH]c4ccccc4c3CC2CO)cc1. The molecule has 4 rings (SSSR count). The molecule has 1 unspecified atom stereocenters. The number of aryl methyl sites for hydroxylation is 1. The summed E-state index contributed by atoms with van der Waals surface area (Å²) in [6, 6.07) is 15.9. The molecule has 1 aliphatic rings. The van der Waals surface area contributed by atoms with Crippen molar-refractivity contribution in [3.05, 3.63) is 65.4 Å². The second-order valence-corrected chi connectivity index (χ2v) is 7.45. The van der Waals surface area contributed by atoms with Crippen LogP contribution in [0.3, 0.4) is 0 Å². The summed E-state index contributed by atoms with van der Waals surface area (Å²) in [5.74, 6) is 0.892. The zero-order chi connectivity index (χ0) is 19.5. The fraction of sp³-hybridized carbons (Fsp3) is 0.348. The van der Waals surface area contributed by atoms with Crippen molar-refractivity contribution in [3.8, 4) is 5.75 Å². The van der Waals surface area contributed by atoms with Crippen molar-refractivity contribution in [3.63, 3.8) is 0 Å². The van der Waals surface area contributed by atoms with Crippen LogP contribution in [-0.4, -0.2) is 40.2 Å². The first kappa shape index (κ1) is 18.6. The first-order valence-corrected chi connectivity index (χ1v) is 9.84. The largest absolute Gasteiger partial charge is 0.494 e. The number of para-hydroxylation sites is 1. The Kier molecular flexibility index (Phi) is 5.35. The van der Waals surface area contributed by atoms with Gasteiger partial charge >= 0.3 is 0 Å². The molecule has 2 heterocycles. The Morgan fingerprint density at radius 1 is 1.21 bits per heavy atom. The molecule has 1 aromatic heterocycles. The highest BCUT2D eigenvalue weighted by Gasteiger charge is 2.31. The number of amides is 1. The van der Waals surface area contributed by atoms with Gasteiger partial charge in [0.2, 0.25) is 5.91 Å². The number of H-pyrrole nitrogens is 1. The lowest BCUT2D eigenvalue weighted by molar-refractivity contribution is -0.136. The lowest BCUT2D eigenvalue weighted by Gasteiger charge is -2.35. The van der Waals surface area contributed by atoms with Crippen LogP contribution in [-0.2, 0) is 17.8 Å². The summed E-state index contributed by atoms with van der Waals surface area (Å²) >= 11 is 0. The number of fused-ring (bicyclic) bond motifs is 3. The fourth-order valence-corrected chi connectivity index (χ4v) is 3.92. The Morgan fingerprint density at radius 3 is 2.79 bits per heavy atom. The van der Waals surface area contributed by atoms with Gasteiger partial charge in [0.15, 0.2) is 0 Å². The maximum Gasteiger partial charge on any atom is 0.223 e. The van der Waals surface area contributed by atoms with Crippen molar-refractivity contribution < 1.29 is 14.6 Å². The number of aromatic nitrogens is 1. The summed E-state index contributed by atoms with van der Waals surface area (Å²) in [6.07, 6.45) is 1.75. The summed E-state index contributed by atoms with van der Waals surface area (Å²) in [7, 11) is 0. The zero-order valence-electron chi connectivity index (χ0n) is 16.1. The highest BCUT2D eigenvalue weighted by Crippen LogP contribution is 2.30. The van der Waals surface area contributed by atoms with E-state index < -0.39 is 0 Å². The Morgan fingerprint density at radius 2 is 2.00 bits per heavy atom. The number of benzene rings is 2. The van der Waals surface area contributed by atoms with Gasteiger partial charge in [0.05, 0.1) is 25.8 Å². The molecule has 3 aromatic rings. The van der Waals surface area contributed by atoms with Crippen LogP contribution in [0, 0.1) is 6.92 Å². The van der Waals surface area contributed by atoms with Gasteiger partial charge in [0.1, 0.15) is 5.75 Å². The van der Waals surface area contributed by atoms with Crippen molar-refractivity contribution in [1.82, 2.24) is 9.88 Å². The second-order valence-electron chi connectivity index (χ2n) is 7.45. The Bertz CT molecular complexity index is 962. The average molecular weight is 378 g/mol. The Hall–Kier alpha value is -2.79. The molecule has 0 saturated carbocycles. The number of aliphatic hydroxyl groups is 1. The molecule has 28 heavy (non-hydrogen) atoms. The van der Waals surface area contributed by atoms with Crippen LogP contribution < -0.4 is 4.74 Å². The predicted octanol–water partition coefficient (Wildman–Crippen LogP) is 3.58. The second kappa shape index (κ2) is 8.07. The van der Waals surface area contributed by atoms with E-state index in [2.05, 4.69) is 17.1 Å². The summed E-state index contributed by atoms with van der Waals surface area (Å²) in [5.41, 5.74) is 4.58. The van der Waals surface area contributed by atoms with E-state index >= 15 is 0 Å². The van der Waals surface area contributed by atoms with Crippen LogP contribution >= 0.6 is 0 Å². The smallest absolute Gasteiger partial charge is 0.223 e. The molecule has 2 aromatic carbocycles. The molecule has 0 bridgehead atoms. The molecule has 0 spiro atoms. The lowest BCUT2D eigenvalue weighted by Crippen LogP contribution is -2.46. The van der Waals surface area contributed by atoms with Crippen LogP contribution in [0.25, 0.3) is 10.9 Å². The van der Waals surface area contributed by atoms with Crippen LogP contribution in [0.4, 0.5) is 0 Å². The first-order valence-electron chi connectivity index (χ1n) is 9.84. The van der Waals surface area contributed by atoms with Crippen LogP contribution in [0.1, 0.15) is 29.7 Å². The van der Waals surface area contributed by atoms with Gasteiger partial charge in [0.25, 0.3) is 0 Å². The van der Waals surface area contributed by atoms with Crippen molar-refractivity contribution in [2.75, 3.05) is 13.2 Å². The maximum atomic E-state index is 12.8. The highest BCUT2D eigenvalue weighted by atomic mass is 16.5. The molecule has 0 radical (unpaired) electrons. The minimum absolute atomic E-state index is 0.0233. The van der Waals surface area contributed by atoms with Crippen molar-refractivity contribution in [1.29, 1.82) is 0 Å². The molecule has 1 amide bonds. The summed E-state index contributed by atoms with van der Waals surface area (Å²) in [4.78, 5) is 18.0. The van der Waals surface area contributed by atoms with E-state index in [1.54, 1.807) is 0 Å². The van der Waals surface area contributed by atoms with Crippen molar-refractivity contribution >= 4 is 16.8 Å². The van der Waals surface area contributed by atoms with Gasteiger partial charge in [-0.05, 0) is 43.5 Å². The number of rotatable bonds is 6. The summed E-state index contributed by atoms with van der Waals surface area (Å²) < 4.78 is 5.72. The number of carbonyl (C=O) groups is 1. The third-order valence-corrected chi connectivity index (χ3v) is 5.47. The van der Waals surface area contributed by atoms with Crippen LogP contribution in [0.5, 0.6) is 5.75 Å². The summed E-state index contributed by atoms with van der Waals surface area (Å²) in [5, 5.41) is 11.0. The van der Waals surface area contributed by atoms with Crippen LogP contribution in [0.15, 0.2) is 48.5 Å². The summed E-state index contributed by atoms with van der Waals surface area (Å²) in [6.45, 7) is 3.04. The molecule has 0 aliphatic carbocycles. The van der Waals surface area contributed by atoms with E-state index in [1.807, 2.05) is 48.2 Å². The Balaban J connectivity index is 1.37. The number of nitrogens with zero attached hydrogens (tertiary/aromatic N) is 1. The number of aliphatic hydroxyl groups excluding tert-OH is 1. The number of hydrogen-bond acceptors (Lipinski definition) is 3. The van der Waals surface area contributed by atoms with Gasteiger partial charge in [-0.3, -0.25) is 4.79 Å². The minimum Gasteiger partial charge on any atom is -0.494 e. The third kappa shape index (κ3) is 3.76. The molecule has 1 aliphatic heterocycles. The number of hydrogen-bond donors (Lipinski definition) is 2. The fourth-order valence-electron chi connectivity index (χ4n) is 3.92. The highest BCUT2D eigenvalue weighted by molar-refractivity contribution is 5.86. The normalized spacial score (nSPS) is 16.2. The topological polar surface area (TPSA) is 65.6 Å². The standard InChI is InChI=1S/C23H26N2O3/c1-16-8-10-18(11-9-16)28-12-4-7-23(27)25-14-22-20(13-17(25)15-26)19-5-2-3-6-21(19)24-22/h2-3,5-6,8-11,17,24,26H,4,7,12-15H2,1H3. The van der Waals surface area contributed by atoms with Gasteiger partial charge in [0, 0.05) is 23.0 Å². The van der Waals surface area contributed by atoms with E-state index in [0.717, 1.165) is 17.0 Å². The van der Waals surface area contributed by atoms with Gasteiger partial charge in [-0.15, -0.1) is 0 Å². The Labute approximate surface area is 164 Å². The van der Waals surface area contributed by atoms with Gasteiger partial charge in [-0.1, -0.05) is 35.9 Å². The predicted molar refractivity (Wildman–Crippen MR) is 109 cm³/mol. The van der Waals surface area contributed by atoms with E-state index in [1.165, 1.54) is 16.5 Å². The molecule has 1 atom stereocenters. The quantitative estimate of drug-likeness (QED) is 0.645. The van der Waals surface area contributed by atoms with Gasteiger partial charge < -0.3 is 19.7 Å². The van der Waals surface area contributed by atoms with Crippen LogP contribution in [0.2, 0.25) is 0 Å². The molecule has 146 valence electrons. The molecule has 0 saturated heterocycles. The number of aromatic amines is 1. The van der Waals surface area contributed by atoms with E-state index in [9.17, 15) is 9.90 Å².